The summed E-state index contributed by atoms with van der Waals surface area (Å²) in [5.41, 5.74) is 6.28. The Labute approximate surface area is 165 Å². The highest BCUT2D eigenvalue weighted by Gasteiger charge is 2.31. The Morgan fingerprint density at radius 1 is 1.00 bits per heavy atom. The van der Waals surface area contributed by atoms with Gasteiger partial charge in [0.2, 0.25) is 0 Å². The maximum Gasteiger partial charge on any atom is 0.416 e. The summed E-state index contributed by atoms with van der Waals surface area (Å²) in [6.07, 6.45) is -2.88. The zero-order chi connectivity index (χ0) is 21.2. The van der Waals surface area contributed by atoms with Crippen molar-refractivity contribution in [2.45, 2.75) is 37.4 Å². The fraction of sp³-hybridized carbons (Fsp3) is 0.429. The van der Waals surface area contributed by atoms with Crippen LogP contribution in [-0.4, -0.2) is 30.6 Å². The predicted molar refractivity (Wildman–Crippen MR) is 97.9 cm³/mol. The van der Waals surface area contributed by atoms with Gasteiger partial charge >= 0.3 is 6.18 Å². The second kappa shape index (κ2) is 8.75. The van der Waals surface area contributed by atoms with Crippen molar-refractivity contribution in [2.24, 2.45) is 5.73 Å². The van der Waals surface area contributed by atoms with Crippen LogP contribution in [0.2, 0.25) is 0 Å². The molecule has 0 aromatic heterocycles. The van der Waals surface area contributed by atoms with E-state index in [0.29, 0.717) is 25.6 Å². The molecule has 0 amide bonds. The van der Waals surface area contributed by atoms with Crippen LogP contribution in [0.15, 0.2) is 36.4 Å². The molecule has 8 heteroatoms. The molecule has 1 aliphatic rings. The zero-order valence-corrected chi connectivity index (χ0v) is 15.7. The van der Waals surface area contributed by atoms with Crippen molar-refractivity contribution in [1.29, 1.82) is 0 Å². The van der Waals surface area contributed by atoms with Crippen molar-refractivity contribution >= 4 is 0 Å². The van der Waals surface area contributed by atoms with E-state index >= 15 is 0 Å². The zero-order valence-electron chi connectivity index (χ0n) is 15.7. The maximum absolute atomic E-state index is 13.7. The lowest BCUT2D eigenvalue weighted by molar-refractivity contribution is -0.137. The maximum atomic E-state index is 13.7. The summed E-state index contributed by atoms with van der Waals surface area (Å²) >= 11 is 0. The van der Waals surface area contributed by atoms with E-state index in [9.17, 15) is 26.3 Å². The minimum absolute atomic E-state index is 0.0421. The minimum atomic E-state index is -4.34. The molecule has 1 aliphatic heterocycles. The van der Waals surface area contributed by atoms with E-state index in [-0.39, 0.29) is 17.9 Å². The Kier molecular flexibility index (Phi) is 6.53. The lowest BCUT2D eigenvalue weighted by Gasteiger charge is -2.19. The van der Waals surface area contributed by atoms with Gasteiger partial charge in [-0.05, 0) is 67.6 Å². The molecule has 1 fully saturated rings. The van der Waals surface area contributed by atoms with Crippen LogP contribution < -0.4 is 5.73 Å². The quantitative estimate of drug-likeness (QED) is 0.538. The fourth-order valence-electron chi connectivity index (χ4n) is 3.71. The molecule has 0 radical (unpaired) electrons. The largest absolute Gasteiger partial charge is 0.416 e. The van der Waals surface area contributed by atoms with Crippen LogP contribution in [0.1, 0.15) is 35.4 Å². The van der Waals surface area contributed by atoms with E-state index in [0.717, 1.165) is 36.7 Å². The number of hydrogen-bond donors (Lipinski definition) is 1. The van der Waals surface area contributed by atoms with Crippen LogP contribution >= 0.6 is 0 Å². The molecule has 0 aliphatic carbocycles. The number of benzene rings is 2. The monoisotopic (exact) mass is 416 g/mol. The standard InChI is InChI=1S/C21H22F6N2/c22-18-11-20(24)19(23)10-15(18)9-17(28)6-8-29-7-5-14(12-29)13-1-3-16(4-2-13)21(25,26)27/h1-4,10-11,14,17H,5-9,12,28H2. The smallest absolute Gasteiger partial charge is 0.327 e. The number of alkyl halides is 3. The first-order valence-electron chi connectivity index (χ1n) is 9.42. The van der Waals surface area contributed by atoms with E-state index in [1.54, 1.807) is 0 Å². The first kappa shape index (κ1) is 21.6. The van der Waals surface area contributed by atoms with Crippen LogP contribution in [0.4, 0.5) is 26.3 Å². The van der Waals surface area contributed by atoms with Crippen molar-refractivity contribution in [2.75, 3.05) is 19.6 Å². The highest BCUT2D eigenvalue weighted by Crippen LogP contribution is 2.32. The molecular formula is C21H22F6N2. The molecule has 3 rings (SSSR count). The highest BCUT2D eigenvalue weighted by molar-refractivity contribution is 5.28. The molecule has 2 nitrogen and oxygen atoms in total. The summed E-state index contributed by atoms with van der Waals surface area (Å²) in [7, 11) is 0. The number of likely N-dealkylation sites (tertiary alicyclic amines) is 1. The van der Waals surface area contributed by atoms with Gasteiger partial charge in [-0.1, -0.05) is 12.1 Å². The molecule has 2 aromatic carbocycles. The SMILES string of the molecule is NC(CCN1CCC(c2ccc(C(F)(F)F)cc2)C1)Cc1cc(F)c(F)cc1F. The number of hydrogen-bond acceptors (Lipinski definition) is 2. The van der Waals surface area contributed by atoms with Crippen LogP contribution in [0.3, 0.4) is 0 Å². The van der Waals surface area contributed by atoms with E-state index in [4.69, 9.17) is 5.73 Å². The van der Waals surface area contributed by atoms with Gasteiger partial charge in [0.05, 0.1) is 5.56 Å². The Hall–Kier alpha value is -2.06. The molecule has 0 saturated carbocycles. The van der Waals surface area contributed by atoms with Crippen molar-refractivity contribution in [1.82, 2.24) is 4.90 Å². The average Bonchev–Trinajstić information content (AvgIpc) is 3.13. The van der Waals surface area contributed by atoms with Gasteiger partial charge in [0, 0.05) is 18.7 Å². The second-order valence-electron chi connectivity index (χ2n) is 7.52. The average molecular weight is 416 g/mol. The summed E-state index contributed by atoms with van der Waals surface area (Å²) in [5.74, 6) is -3.00. The van der Waals surface area contributed by atoms with Gasteiger partial charge in [0.25, 0.3) is 0 Å². The topological polar surface area (TPSA) is 29.3 Å². The molecule has 0 bridgehead atoms. The van der Waals surface area contributed by atoms with Gasteiger partial charge in [-0.3, -0.25) is 0 Å². The third-order valence-corrected chi connectivity index (χ3v) is 5.37. The minimum Gasteiger partial charge on any atom is -0.327 e. The molecule has 2 atom stereocenters. The van der Waals surface area contributed by atoms with Crippen molar-refractivity contribution < 1.29 is 26.3 Å². The Morgan fingerprint density at radius 2 is 1.66 bits per heavy atom. The van der Waals surface area contributed by atoms with Crippen molar-refractivity contribution in [3.05, 3.63) is 70.5 Å². The number of rotatable bonds is 6. The lowest BCUT2D eigenvalue weighted by Crippen LogP contribution is -2.31. The van der Waals surface area contributed by atoms with E-state index in [2.05, 4.69) is 4.90 Å². The third-order valence-electron chi connectivity index (χ3n) is 5.37. The number of nitrogens with zero attached hydrogens (tertiary/aromatic N) is 1. The molecule has 2 N–H and O–H groups in total. The summed E-state index contributed by atoms with van der Waals surface area (Å²) in [6.45, 7) is 2.14. The Morgan fingerprint density at radius 3 is 2.31 bits per heavy atom. The second-order valence-corrected chi connectivity index (χ2v) is 7.52. The van der Waals surface area contributed by atoms with E-state index in [1.165, 1.54) is 12.1 Å². The lowest BCUT2D eigenvalue weighted by atomic mass is 9.97. The molecule has 29 heavy (non-hydrogen) atoms. The van der Waals surface area contributed by atoms with E-state index in [1.807, 2.05) is 0 Å². The number of nitrogens with two attached hydrogens (primary N) is 1. The molecule has 2 aromatic rings. The van der Waals surface area contributed by atoms with Gasteiger partial charge in [-0.2, -0.15) is 13.2 Å². The van der Waals surface area contributed by atoms with E-state index < -0.39 is 35.2 Å². The van der Waals surface area contributed by atoms with Crippen LogP contribution in [0, 0.1) is 17.5 Å². The fourth-order valence-corrected chi connectivity index (χ4v) is 3.71. The van der Waals surface area contributed by atoms with Crippen molar-refractivity contribution in [3.8, 4) is 0 Å². The highest BCUT2D eigenvalue weighted by atomic mass is 19.4. The molecular weight excluding hydrogens is 394 g/mol. The first-order valence-corrected chi connectivity index (χ1v) is 9.42. The van der Waals surface area contributed by atoms with Crippen LogP contribution in [0.5, 0.6) is 0 Å². The van der Waals surface area contributed by atoms with Gasteiger partial charge in [0.15, 0.2) is 11.6 Å². The first-order chi connectivity index (χ1) is 13.6. The Balaban J connectivity index is 1.49. The normalized spacial score (nSPS) is 18.9. The predicted octanol–water partition coefficient (Wildman–Crippen LogP) is 4.87. The molecule has 1 heterocycles. The summed E-state index contributed by atoms with van der Waals surface area (Å²) in [4.78, 5) is 2.16. The summed E-state index contributed by atoms with van der Waals surface area (Å²) in [5, 5.41) is 0. The van der Waals surface area contributed by atoms with Crippen LogP contribution in [0.25, 0.3) is 0 Å². The molecule has 0 spiro atoms. The molecule has 1 saturated heterocycles. The third kappa shape index (κ3) is 5.51. The van der Waals surface area contributed by atoms with Gasteiger partial charge in [-0.15, -0.1) is 0 Å². The summed E-state index contributed by atoms with van der Waals surface area (Å²) in [6, 6.07) is 6.19. The van der Waals surface area contributed by atoms with Crippen molar-refractivity contribution in [3.63, 3.8) is 0 Å². The number of halogens is 6. The van der Waals surface area contributed by atoms with Gasteiger partial charge in [0.1, 0.15) is 5.82 Å². The Bertz CT molecular complexity index is 834. The van der Waals surface area contributed by atoms with Gasteiger partial charge < -0.3 is 10.6 Å². The molecule has 2 unspecified atom stereocenters. The van der Waals surface area contributed by atoms with Crippen LogP contribution in [-0.2, 0) is 12.6 Å². The molecule has 158 valence electrons. The van der Waals surface area contributed by atoms with Gasteiger partial charge in [-0.25, -0.2) is 13.2 Å². The summed E-state index contributed by atoms with van der Waals surface area (Å²) < 4.78 is 78.0.